The summed E-state index contributed by atoms with van der Waals surface area (Å²) in [5.74, 6) is 4.03. The van der Waals surface area contributed by atoms with E-state index < -0.39 is 0 Å². The normalized spacial score (nSPS) is 35.1. The van der Waals surface area contributed by atoms with E-state index in [0.29, 0.717) is 31.1 Å². The van der Waals surface area contributed by atoms with E-state index in [1.54, 1.807) is 0 Å². The van der Waals surface area contributed by atoms with Gasteiger partial charge in [-0.3, -0.25) is 0 Å². The SMILES string of the molecule is CCCCCCCCCCCCOC(=O)NCC1(C)CCC(C)(C)C(NC(=O)OCC2(C)CCCC3(C)C4CCC(C(C)C)CC4CCC23)C1. The van der Waals surface area contributed by atoms with Crippen LogP contribution >= 0.6 is 0 Å². The molecule has 0 aliphatic heterocycles. The zero-order valence-corrected chi connectivity index (χ0v) is 34.1. The van der Waals surface area contributed by atoms with Gasteiger partial charge in [-0.05, 0) is 116 Å². The molecule has 0 bridgehead atoms. The number of unbranched alkanes of at least 4 members (excludes halogenated alkanes) is 9. The summed E-state index contributed by atoms with van der Waals surface area (Å²) in [7, 11) is 0. The summed E-state index contributed by atoms with van der Waals surface area (Å²) in [6.45, 7) is 20.4. The second kappa shape index (κ2) is 18.5. The summed E-state index contributed by atoms with van der Waals surface area (Å²) in [5.41, 5.74) is 0.272. The number of ether oxygens (including phenoxy) is 2. The van der Waals surface area contributed by atoms with Crippen LogP contribution in [0.5, 0.6) is 0 Å². The Morgan fingerprint density at radius 1 is 0.760 bits per heavy atom. The molecule has 4 saturated carbocycles. The van der Waals surface area contributed by atoms with Gasteiger partial charge in [0.05, 0.1) is 13.2 Å². The molecule has 290 valence electrons. The van der Waals surface area contributed by atoms with Crippen molar-refractivity contribution in [2.24, 2.45) is 51.2 Å². The minimum absolute atomic E-state index is 0.00535. The Kier molecular flexibility index (Phi) is 15.3. The number of hydrogen-bond donors (Lipinski definition) is 2. The summed E-state index contributed by atoms with van der Waals surface area (Å²) in [6.07, 6.45) is 25.5. The Labute approximate surface area is 308 Å². The van der Waals surface area contributed by atoms with E-state index in [1.165, 1.54) is 96.3 Å². The second-order valence-electron chi connectivity index (χ2n) is 19.8. The summed E-state index contributed by atoms with van der Waals surface area (Å²) >= 11 is 0. The molecule has 8 atom stereocenters. The second-order valence-corrected chi connectivity index (χ2v) is 19.8. The number of carbonyl (C=O) groups excluding carboxylic acids is 2. The van der Waals surface area contributed by atoms with Crippen LogP contribution in [-0.2, 0) is 9.47 Å². The van der Waals surface area contributed by atoms with Gasteiger partial charge >= 0.3 is 12.2 Å². The standard InChI is InChI=1S/C44H80N2O4/c1-9-10-11-12-13-14-15-16-17-18-28-49-39(47)45-31-42(6)27-26-41(4,5)38(30-42)46-40(48)50-32-43(7)24-19-25-44(8)36-22-20-34(33(2)3)29-35(36)21-23-37(43)44/h33-38H,9-32H2,1-8H3,(H,45,47)(H,46,48). The van der Waals surface area contributed by atoms with Gasteiger partial charge in [0.15, 0.2) is 0 Å². The summed E-state index contributed by atoms with van der Waals surface area (Å²) in [6, 6.07) is -0.00535. The Hall–Kier alpha value is -1.46. The van der Waals surface area contributed by atoms with Crippen molar-refractivity contribution in [1.82, 2.24) is 10.6 Å². The largest absolute Gasteiger partial charge is 0.450 e. The van der Waals surface area contributed by atoms with Crippen molar-refractivity contribution in [3.8, 4) is 0 Å². The molecule has 0 radical (unpaired) electrons. The number of fused-ring (bicyclic) bond motifs is 3. The van der Waals surface area contributed by atoms with Gasteiger partial charge in [0.25, 0.3) is 0 Å². The van der Waals surface area contributed by atoms with E-state index in [1.807, 2.05) is 0 Å². The molecule has 4 aliphatic rings. The molecule has 8 unspecified atom stereocenters. The van der Waals surface area contributed by atoms with Gasteiger partial charge in [-0.2, -0.15) is 0 Å². The van der Waals surface area contributed by atoms with Crippen molar-refractivity contribution in [3.63, 3.8) is 0 Å². The van der Waals surface area contributed by atoms with Crippen LogP contribution in [0.3, 0.4) is 0 Å². The fourth-order valence-corrected chi connectivity index (χ4v) is 11.4. The van der Waals surface area contributed by atoms with Crippen molar-refractivity contribution >= 4 is 12.2 Å². The van der Waals surface area contributed by atoms with Crippen molar-refractivity contribution in [2.45, 2.75) is 196 Å². The molecule has 6 heteroatoms. The first-order valence-corrected chi connectivity index (χ1v) is 21.6. The van der Waals surface area contributed by atoms with Crippen molar-refractivity contribution in [1.29, 1.82) is 0 Å². The van der Waals surface area contributed by atoms with Gasteiger partial charge in [0, 0.05) is 18.0 Å². The molecule has 0 aromatic rings. The zero-order valence-electron chi connectivity index (χ0n) is 34.1. The average molecular weight is 701 g/mol. The smallest absolute Gasteiger partial charge is 0.407 e. The zero-order chi connectivity index (χ0) is 36.4. The molecule has 0 heterocycles. The first-order valence-electron chi connectivity index (χ1n) is 21.6. The highest BCUT2D eigenvalue weighted by Crippen LogP contribution is 2.64. The van der Waals surface area contributed by atoms with Gasteiger partial charge in [0.1, 0.15) is 0 Å². The van der Waals surface area contributed by atoms with E-state index in [2.05, 4.69) is 66.0 Å². The van der Waals surface area contributed by atoms with Crippen molar-refractivity contribution < 1.29 is 19.1 Å². The van der Waals surface area contributed by atoms with Crippen LogP contribution in [0, 0.1) is 51.2 Å². The Morgan fingerprint density at radius 2 is 1.44 bits per heavy atom. The third kappa shape index (κ3) is 11.0. The van der Waals surface area contributed by atoms with Crippen LogP contribution in [0.4, 0.5) is 9.59 Å². The maximum Gasteiger partial charge on any atom is 0.407 e. The number of nitrogens with one attached hydrogen (secondary N) is 2. The lowest BCUT2D eigenvalue weighted by atomic mass is 9.44. The van der Waals surface area contributed by atoms with E-state index in [0.717, 1.165) is 62.2 Å². The Bertz CT molecular complexity index is 1060. The van der Waals surface area contributed by atoms with Gasteiger partial charge in [-0.25, -0.2) is 9.59 Å². The lowest BCUT2D eigenvalue weighted by molar-refractivity contribution is -0.136. The molecule has 50 heavy (non-hydrogen) atoms. The minimum atomic E-state index is -0.314. The van der Waals surface area contributed by atoms with Gasteiger partial charge < -0.3 is 20.1 Å². The van der Waals surface area contributed by atoms with Gasteiger partial charge in [-0.15, -0.1) is 0 Å². The average Bonchev–Trinajstić information content (AvgIpc) is 3.07. The molecule has 0 saturated heterocycles. The molecule has 0 aromatic carbocycles. The molecule has 2 amide bonds. The quantitative estimate of drug-likeness (QED) is 0.148. The topological polar surface area (TPSA) is 76.7 Å². The molecule has 4 fully saturated rings. The first kappa shape index (κ1) is 41.3. The molecule has 0 spiro atoms. The predicted molar refractivity (Wildman–Crippen MR) is 207 cm³/mol. The molecule has 0 aromatic heterocycles. The van der Waals surface area contributed by atoms with Crippen LogP contribution in [0.2, 0.25) is 0 Å². The Morgan fingerprint density at radius 3 is 2.12 bits per heavy atom. The summed E-state index contributed by atoms with van der Waals surface area (Å²) < 4.78 is 11.7. The van der Waals surface area contributed by atoms with E-state index in [-0.39, 0.29) is 34.5 Å². The summed E-state index contributed by atoms with van der Waals surface area (Å²) in [5, 5.41) is 6.38. The van der Waals surface area contributed by atoms with E-state index in [4.69, 9.17) is 9.47 Å². The third-order valence-electron chi connectivity index (χ3n) is 15.0. The fourth-order valence-electron chi connectivity index (χ4n) is 11.4. The highest BCUT2D eigenvalue weighted by atomic mass is 16.6. The number of amides is 2. The molecular formula is C44H80N2O4. The summed E-state index contributed by atoms with van der Waals surface area (Å²) in [4.78, 5) is 26.0. The number of alkyl carbamates (subject to hydrolysis) is 2. The maximum absolute atomic E-state index is 13.5. The van der Waals surface area contributed by atoms with Crippen LogP contribution in [0.15, 0.2) is 0 Å². The predicted octanol–water partition coefficient (Wildman–Crippen LogP) is 12.2. The van der Waals surface area contributed by atoms with Gasteiger partial charge in [-0.1, -0.05) is 120 Å². The van der Waals surface area contributed by atoms with Crippen LogP contribution < -0.4 is 10.6 Å². The van der Waals surface area contributed by atoms with Crippen LogP contribution in [-0.4, -0.2) is 38.0 Å². The third-order valence-corrected chi connectivity index (χ3v) is 15.0. The first-order chi connectivity index (χ1) is 23.7. The fraction of sp³-hybridized carbons (Fsp3) is 0.955. The minimum Gasteiger partial charge on any atom is -0.450 e. The monoisotopic (exact) mass is 701 g/mol. The van der Waals surface area contributed by atoms with Crippen LogP contribution in [0.1, 0.15) is 190 Å². The molecule has 4 rings (SSSR count). The molecule has 2 N–H and O–H groups in total. The number of hydrogen-bond acceptors (Lipinski definition) is 4. The lowest BCUT2D eigenvalue weighted by Crippen LogP contribution is -2.56. The molecule has 6 nitrogen and oxygen atoms in total. The van der Waals surface area contributed by atoms with Crippen molar-refractivity contribution in [3.05, 3.63) is 0 Å². The highest BCUT2D eigenvalue weighted by Gasteiger charge is 2.57. The van der Waals surface area contributed by atoms with E-state index >= 15 is 0 Å². The van der Waals surface area contributed by atoms with Crippen LogP contribution in [0.25, 0.3) is 0 Å². The highest BCUT2D eigenvalue weighted by molar-refractivity contribution is 5.68. The van der Waals surface area contributed by atoms with Crippen molar-refractivity contribution in [2.75, 3.05) is 19.8 Å². The molecule has 4 aliphatic carbocycles. The van der Waals surface area contributed by atoms with E-state index in [9.17, 15) is 9.59 Å². The number of rotatable bonds is 17. The molecular weight excluding hydrogens is 620 g/mol. The van der Waals surface area contributed by atoms with Gasteiger partial charge in [0.2, 0.25) is 0 Å². The maximum atomic E-state index is 13.5. The number of carbonyl (C=O) groups is 2. The Balaban J connectivity index is 1.19. The lowest BCUT2D eigenvalue weighted by Gasteiger charge is -2.61.